The van der Waals surface area contributed by atoms with E-state index < -0.39 is 45.8 Å². The number of likely N-dealkylation sites (N-methyl/N-ethyl adjacent to an activating group) is 1. The number of fused-ring (bicyclic) bond motifs is 1. The number of nitrogens with one attached hydrogen (secondary N) is 2. The van der Waals surface area contributed by atoms with Crippen molar-refractivity contribution in [3.05, 3.63) is 83.7 Å². The molecule has 3 atom stereocenters. The summed E-state index contributed by atoms with van der Waals surface area (Å²) in [5.41, 5.74) is -0.232. The lowest BCUT2D eigenvalue weighted by Crippen LogP contribution is -2.48. The zero-order valence-corrected chi connectivity index (χ0v) is 26.0. The summed E-state index contributed by atoms with van der Waals surface area (Å²) >= 11 is 0. The maximum absolute atomic E-state index is 13.4. The highest BCUT2D eigenvalue weighted by molar-refractivity contribution is 7.92. The standard InChI is InChI=1S/C31H34F4N4O6S/c1-19-16-39(20(2)18-40)29(41)15-21-14-25(37-46(43,44)26-11-6-23(32)7-12-26)10-13-27(21)45-28(19)17-38(3)30(42)36-24-8-4-22(5-9-24)31(33,34)35/h4-14,19-20,28,37,40H,15-18H2,1-3H3,(H,36,42)/t19-,20+,28+/m0/s1. The number of carbonyl (C=O) groups is 2. The van der Waals surface area contributed by atoms with Crippen molar-refractivity contribution in [3.8, 4) is 5.75 Å². The molecule has 1 aliphatic heterocycles. The molecular formula is C31H34F4N4O6S. The van der Waals surface area contributed by atoms with Gasteiger partial charge in [-0.2, -0.15) is 13.2 Å². The SMILES string of the molecule is C[C@H](CO)N1C[C@H](C)[C@@H](CN(C)C(=O)Nc2ccc(C(F)(F)F)cc2)Oc2ccc(NS(=O)(=O)c3ccc(F)cc3)cc2CC1=O. The number of benzene rings is 3. The van der Waals surface area contributed by atoms with E-state index in [4.69, 9.17) is 4.74 Å². The first-order valence-corrected chi connectivity index (χ1v) is 15.7. The van der Waals surface area contributed by atoms with Gasteiger partial charge in [-0.1, -0.05) is 6.92 Å². The van der Waals surface area contributed by atoms with E-state index in [2.05, 4.69) is 10.0 Å². The van der Waals surface area contributed by atoms with E-state index in [1.54, 1.807) is 6.92 Å². The summed E-state index contributed by atoms with van der Waals surface area (Å²) in [4.78, 5) is 29.0. The lowest BCUT2D eigenvalue weighted by atomic mass is 10.0. The van der Waals surface area contributed by atoms with Gasteiger partial charge in [-0.05, 0) is 73.7 Å². The Morgan fingerprint density at radius 2 is 1.72 bits per heavy atom. The molecule has 0 aromatic heterocycles. The van der Waals surface area contributed by atoms with Gasteiger partial charge in [-0.3, -0.25) is 9.52 Å². The van der Waals surface area contributed by atoms with E-state index in [0.717, 1.165) is 48.5 Å². The minimum absolute atomic E-state index is 0.00155. The van der Waals surface area contributed by atoms with Crippen LogP contribution in [0.5, 0.6) is 5.75 Å². The Hall–Kier alpha value is -4.37. The van der Waals surface area contributed by atoms with Crippen LogP contribution in [0.3, 0.4) is 0 Å². The molecule has 248 valence electrons. The topological polar surface area (TPSA) is 128 Å². The number of carbonyl (C=O) groups excluding carboxylic acids is 2. The van der Waals surface area contributed by atoms with Crippen LogP contribution in [0.15, 0.2) is 71.6 Å². The van der Waals surface area contributed by atoms with Crippen LogP contribution in [0.1, 0.15) is 25.0 Å². The molecule has 0 saturated carbocycles. The summed E-state index contributed by atoms with van der Waals surface area (Å²) in [6.45, 7) is 3.34. The molecule has 46 heavy (non-hydrogen) atoms. The number of alkyl halides is 3. The number of urea groups is 1. The summed E-state index contributed by atoms with van der Waals surface area (Å²) in [5.74, 6) is -1.04. The molecule has 0 unspecified atom stereocenters. The highest BCUT2D eigenvalue weighted by Crippen LogP contribution is 2.31. The average molecular weight is 667 g/mol. The first-order chi connectivity index (χ1) is 21.6. The molecule has 0 fully saturated rings. The maximum atomic E-state index is 13.4. The van der Waals surface area contributed by atoms with Crippen LogP contribution in [-0.2, 0) is 27.4 Å². The highest BCUT2D eigenvalue weighted by atomic mass is 32.2. The lowest BCUT2D eigenvalue weighted by Gasteiger charge is -2.34. The predicted octanol–water partition coefficient (Wildman–Crippen LogP) is 4.96. The van der Waals surface area contributed by atoms with Crippen LogP contribution in [0.25, 0.3) is 0 Å². The number of aliphatic hydroxyl groups is 1. The molecular weight excluding hydrogens is 632 g/mol. The number of ether oxygens (including phenoxy) is 1. The van der Waals surface area contributed by atoms with E-state index in [1.165, 1.54) is 35.0 Å². The number of sulfonamides is 1. The Morgan fingerprint density at radius 3 is 2.33 bits per heavy atom. The van der Waals surface area contributed by atoms with Crippen molar-refractivity contribution in [2.45, 2.75) is 43.5 Å². The monoisotopic (exact) mass is 666 g/mol. The number of halogens is 4. The normalized spacial score (nSPS) is 17.9. The van der Waals surface area contributed by atoms with Crippen molar-refractivity contribution in [1.29, 1.82) is 0 Å². The maximum Gasteiger partial charge on any atom is 0.416 e. The van der Waals surface area contributed by atoms with E-state index in [-0.39, 0.29) is 60.0 Å². The summed E-state index contributed by atoms with van der Waals surface area (Å²) in [5, 5.41) is 12.4. The lowest BCUT2D eigenvalue weighted by molar-refractivity contribution is -0.137. The third kappa shape index (κ3) is 8.46. The second kappa shape index (κ2) is 14.0. The van der Waals surface area contributed by atoms with Crippen molar-refractivity contribution < 1.29 is 45.4 Å². The van der Waals surface area contributed by atoms with E-state index in [9.17, 15) is 40.7 Å². The van der Waals surface area contributed by atoms with Gasteiger partial charge in [0.15, 0.2) is 0 Å². The molecule has 0 radical (unpaired) electrons. The van der Waals surface area contributed by atoms with Gasteiger partial charge < -0.3 is 25.0 Å². The van der Waals surface area contributed by atoms with Crippen LogP contribution in [0.2, 0.25) is 0 Å². The van der Waals surface area contributed by atoms with E-state index in [1.807, 2.05) is 6.92 Å². The Morgan fingerprint density at radius 1 is 1.09 bits per heavy atom. The molecule has 1 heterocycles. The molecule has 0 spiro atoms. The smallest absolute Gasteiger partial charge is 0.416 e. The van der Waals surface area contributed by atoms with Gasteiger partial charge in [-0.15, -0.1) is 0 Å². The van der Waals surface area contributed by atoms with Crippen molar-refractivity contribution in [1.82, 2.24) is 9.80 Å². The first kappa shape index (κ1) is 34.5. The quantitative estimate of drug-likeness (QED) is 0.292. The fraction of sp³-hybridized carbons (Fsp3) is 0.355. The van der Waals surface area contributed by atoms with Crippen molar-refractivity contribution >= 4 is 33.3 Å². The zero-order chi connectivity index (χ0) is 33.8. The van der Waals surface area contributed by atoms with E-state index in [0.29, 0.717) is 5.56 Å². The number of aliphatic hydroxyl groups excluding tert-OH is 1. The molecule has 10 nitrogen and oxygen atoms in total. The van der Waals surface area contributed by atoms with Gasteiger partial charge in [0.05, 0.1) is 36.1 Å². The summed E-state index contributed by atoms with van der Waals surface area (Å²) < 4.78 is 86.7. The Bertz CT molecular complexity index is 1650. The number of anilines is 2. The van der Waals surface area contributed by atoms with Crippen LogP contribution in [-0.4, -0.2) is 74.2 Å². The van der Waals surface area contributed by atoms with Gasteiger partial charge in [0, 0.05) is 36.4 Å². The van der Waals surface area contributed by atoms with E-state index >= 15 is 0 Å². The number of hydrogen-bond donors (Lipinski definition) is 3. The van der Waals surface area contributed by atoms with Gasteiger partial charge in [0.2, 0.25) is 5.91 Å². The fourth-order valence-corrected chi connectivity index (χ4v) is 5.90. The molecule has 3 amide bonds. The zero-order valence-electron chi connectivity index (χ0n) is 25.2. The van der Waals surface area contributed by atoms with Gasteiger partial charge in [0.1, 0.15) is 17.7 Å². The molecule has 3 N–H and O–H groups in total. The predicted molar refractivity (Wildman–Crippen MR) is 162 cm³/mol. The Labute approximate surface area is 264 Å². The number of rotatable bonds is 8. The molecule has 4 rings (SSSR count). The van der Waals surface area contributed by atoms with Gasteiger partial charge in [-0.25, -0.2) is 17.6 Å². The van der Waals surface area contributed by atoms with Crippen molar-refractivity contribution in [2.24, 2.45) is 5.92 Å². The van der Waals surface area contributed by atoms with Gasteiger partial charge in [0.25, 0.3) is 10.0 Å². The highest BCUT2D eigenvalue weighted by Gasteiger charge is 2.33. The van der Waals surface area contributed by atoms with Crippen LogP contribution < -0.4 is 14.8 Å². The molecule has 1 aliphatic rings. The summed E-state index contributed by atoms with van der Waals surface area (Å²) in [6.07, 6.45) is -5.41. The van der Waals surface area contributed by atoms with Crippen molar-refractivity contribution in [2.75, 3.05) is 36.8 Å². The summed E-state index contributed by atoms with van der Waals surface area (Å²) in [6, 6.07) is 11.5. The number of hydrogen-bond acceptors (Lipinski definition) is 6. The van der Waals surface area contributed by atoms with Crippen molar-refractivity contribution in [3.63, 3.8) is 0 Å². The molecule has 15 heteroatoms. The van der Waals surface area contributed by atoms with Crippen LogP contribution in [0, 0.1) is 11.7 Å². The Balaban J connectivity index is 1.58. The molecule has 3 aromatic carbocycles. The molecule has 0 bridgehead atoms. The van der Waals surface area contributed by atoms with Gasteiger partial charge >= 0.3 is 12.2 Å². The first-order valence-electron chi connectivity index (χ1n) is 14.2. The number of amides is 3. The third-order valence-corrected chi connectivity index (χ3v) is 8.95. The fourth-order valence-electron chi connectivity index (χ4n) is 4.85. The average Bonchev–Trinajstić information content (AvgIpc) is 3.04. The number of nitrogens with zero attached hydrogens (tertiary/aromatic N) is 2. The van der Waals surface area contributed by atoms with Crippen LogP contribution in [0.4, 0.5) is 33.7 Å². The third-order valence-electron chi connectivity index (χ3n) is 7.56. The minimum Gasteiger partial charge on any atom is -0.488 e. The largest absolute Gasteiger partial charge is 0.488 e. The summed E-state index contributed by atoms with van der Waals surface area (Å²) in [7, 11) is -2.61. The molecule has 0 saturated heterocycles. The molecule has 3 aromatic rings. The minimum atomic E-state index is -4.52. The molecule has 0 aliphatic carbocycles. The second-order valence-electron chi connectivity index (χ2n) is 11.2. The Kier molecular flexibility index (Phi) is 10.5. The second-order valence-corrected chi connectivity index (χ2v) is 12.8. The van der Waals surface area contributed by atoms with Crippen LogP contribution >= 0.6 is 0 Å².